The van der Waals surface area contributed by atoms with E-state index in [1.165, 1.54) is 11.6 Å². The van der Waals surface area contributed by atoms with E-state index in [9.17, 15) is 9.50 Å². The number of aryl methyl sites for hydroxylation is 1. The van der Waals surface area contributed by atoms with Crippen molar-refractivity contribution in [3.8, 4) is 6.07 Å². The van der Waals surface area contributed by atoms with Gasteiger partial charge in [-0.25, -0.2) is 9.37 Å². The molecular formula is C21H18FN3O. The van der Waals surface area contributed by atoms with Crippen molar-refractivity contribution in [1.82, 2.24) is 9.55 Å². The zero-order valence-corrected chi connectivity index (χ0v) is 14.4. The zero-order valence-electron chi connectivity index (χ0n) is 14.4. The third-order valence-electron chi connectivity index (χ3n) is 5.24. The van der Waals surface area contributed by atoms with E-state index in [0.717, 1.165) is 12.0 Å². The van der Waals surface area contributed by atoms with Gasteiger partial charge >= 0.3 is 0 Å². The summed E-state index contributed by atoms with van der Waals surface area (Å²) >= 11 is 0. The molecule has 4 rings (SSSR count). The lowest BCUT2D eigenvalue weighted by atomic mass is 9.86. The van der Waals surface area contributed by atoms with Crippen LogP contribution in [0.25, 0.3) is 0 Å². The molecule has 0 saturated carbocycles. The first kappa shape index (κ1) is 16.5. The number of fused-ring (bicyclic) bond motifs is 1. The molecule has 0 saturated heterocycles. The van der Waals surface area contributed by atoms with Crippen LogP contribution in [0.3, 0.4) is 0 Å². The highest BCUT2D eigenvalue weighted by Gasteiger charge is 2.45. The summed E-state index contributed by atoms with van der Waals surface area (Å²) in [6.07, 6.45) is 4.50. The van der Waals surface area contributed by atoms with Gasteiger partial charge in [0.05, 0.1) is 35.9 Å². The predicted molar refractivity (Wildman–Crippen MR) is 94.9 cm³/mol. The summed E-state index contributed by atoms with van der Waals surface area (Å²) in [7, 11) is 0. The van der Waals surface area contributed by atoms with Gasteiger partial charge in [0.2, 0.25) is 0 Å². The van der Waals surface area contributed by atoms with E-state index < -0.39 is 11.4 Å². The van der Waals surface area contributed by atoms with E-state index in [4.69, 9.17) is 5.26 Å². The molecular weight excluding hydrogens is 329 g/mol. The summed E-state index contributed by atoms with van der Waals surface area (Å²) in [5.41, 5.74) is 2.11. The Hall–Kier alpha value is -2.97. The van der Waals surface area contributed by atoms with E-state index in [1.807, 2.05) is 34.9 Å². The molecule has 1 aromatic heterocycles. The second-order valence-electron chi connectivity index (χ2n) is 6.66. The first-order valence-electron chi connectivity index (χ1n) is 8.60. The SMILES string of the molecule is CCc1ccc([C@@]2(O)C[C@H](c3ccc(C#N)cc3F)n3cncc32)cc1. The van der Waals surface area contributed by atoms with E-state index in [0.29, 0.717) is 17.7 Å². The quantitative estimate of drug-likeness (QED) is 0.786. The van der Waals surface area contributed by atoms with Crippen molar-refractivity contribution in [2.45, 2.75) is 31.4 Å². The number of aromatic nitrogens is 2. The minimum Gasteiger partial charge on any atom is -0.379 e. The number of imidazole rings is 1. The van der Waals surface area contributed by atoms with Crippen LogP contribution in [0.2, 0.25) is 0 Å². The maximum atomic E-state index is 14.6. The Balaban J connectivity index is 1.78. The van der Waals surface area contributed by atoms with E-state index >= 15 is 0 Å². The van der Waals surface area contributed by atoms with Crippen molar-refractivity contribution in [2.24, 2.45) is 0 Å². The molecule has 1 aliphatic rings. The molecule has 26 heavy (non-hydrogen) atoms. The molecule has 4 nitrogen and oxygen atoms in total. The lowest BCUT2D eigenvalue weighted by Crippen LogP contribution is -2.24. The molecule has 5 heteroatoms. The average Bonchev–Trinajstić information content (AvgIpc) is 3.25. The lowest BCUT2D eigenvalue weighted by Gasteiger charge is -2.23. The molecule has 2 aromatic carbocycles. The summed E-state index contributed by atoms with van der Waals surface area (Å²) < 4.78 is 16.4. The number of hydrogen-bond donors (Lipinski definition) is 1. The topological polar surface area (TPSA) is 61.8 Å². The molecule has 0 aliphatic carbocycles. The minimum atomic E-state index is -1.23. The van der Waals surface area contributed by atoms with Gasteiger partial charge in [-0.05, 0) is 29.7 Å². The smallest absolute Gasteiger partial charge is 0.133 e. The molecule has 1 N–H and O–H groups in total. The number of hydrogen-bond acceptors (Lipinski definition) is 3. The highest BCUT2D eigenvalue weighted by molar-refractivity contribution is 5.41. The van der Waals surface area contributed by atoms with Gasteiger partial charge in [0.1, 0.15) is 11.4 Å². The Morgan fingerprint density at radius 2 is 2.08 bits per heavy atom. The number of rotatable bonds is 3. The lowest BCUT2D eigenvalue weighted by molar-refractivity contribution is 0.0792. The van der Waals surface area contributed by atoms with Crippen LogP contribution in [0.4, 0.5) is 4.39 Å². The molecule has 0 radical (unpaired) electrons. The van der Waals surface area contributed by atoms with Crippen LogP contribution in [0.1, 0.15) is 47.3 Å². The van der Waals surface area contributed by atoms with Gasteiger partial charge in [-0.3, -0.25) is 0 Å². The first-order valence-corrected chi connectivity index (χ1v) is 8.60. The van der Waals surface area contributed by atoms with Gasteiger partial charge in [0.25, 0.3) is 0 Å². The zero-order chi connectivity index (χ0) is 18.3. The fourth-order valence-electron chi connectivity index (χ4n) is 3.76. The van der Waals surface area contributed by atoms with Crippen LogP contribution < -0.4 is 0 Å². The molecule has 0 fully saturated rings. The van der Waals surface area contributed by atoms with Crippen molar-refractivity contribution < 1.29 is 9.50 Å². The number of nitrogens with zero attached hydrogens (tertiary/aromatic N) is 3. The summed E-state index contributed by atoms with van der Waals surface area (Å²) in [4.78, 5) is 4.17. The normalized spacial score (nSPS) is 21.4. The van der Waals surface area contributed by atoms with Crippen LogP contribution in [-0.4, -0.2) is 14.7 Å². The highest BCUT2D eigenvalue weighted by Crippen LogP contribution is 2.46. The standard InChI is InChI=1S/C21H18FN3O/c1-2-14-3-6-16(7-4-14)21(26)10-19(25-13-24-12-20(21)25)17-8-5-15(11-23)9-18(17)22/h3-9,12-13,19,26H,2,10H2,1H3/t19-,21+/m1/s1. The van der Waals surface area contributed by atoms with Gasteiger partial charge in [0, 0.05) is 12.0 Å². The maximum Gasteiger partial charge on any atom is 0.133 e. The second-order valence-corrected chi connectivity index (χ2v) is 6.66. The van der Waals surface area contributed by atoms with Gasteiger partial charge < -0.3 is 9.67 Å². The third-order valence-corrected chi connectivity index (χ3v) is 5.24. The molecule has 0 amide bonds. The van der Waals surface area contributed by atoms with E-state index in [2.05, 4.69) is 11.9 Å². The Morgan fingerprint density at radius 3 is 2.73 bits per heavy atom. The van der Waals surface area contributed by atoms with Crippen molar-refractivity contribution in [2.75, 3.05) is 0 Å². The Morgan fingerprint density at radius 1 is 1.31 bits per heavy atom. The highest BCUT2D eigenvalue weighted by atomic mass is 19.1. The van der Waals surface area contributed by atoms with Gasteiger partial charge in [0.15, 0.2) is 0 Å². The number of benzene rings is 2. The molecule has 3 aromatic rings. The number of nitriles is 1. The Bertz CT molecular complexity index is 1000. The molecule has 2 heterocycles. The largest absolute Gasteiger partial charge is 0.379 e. The average molecular weight is 347 g/mol. The fourth-order valence-corrected chi connectivity index (χ4v) is 3.76. The first-order chi connectivity index (χ1) is 12.6. The van der Waals surface area contributed by atoms with Gasteiger partial charge in [-0.15, -0.1) is 0 Å². The van der Waals surface area contributed by atoms with Gasteiger partial charge in [-0.2, -0.15) is 5.26 Å². The van der Waals surface area contributed by atoms with Crippen molar-refractivity contribution in [3.05, 3.63) is 88.8 Å². The van der Waals surface area contributed by atoms with Crippen molar-refractivity contribution in [1.29, 1.82) is 5.26 Å². The van der Waals surface area contributed by atoms with E-state index in [-0.39, 0.29) is 11.6 Å². The third kappa shape index (κ3) is 2.42. The summed E-state index contributed by atoms with van der Waals surface area (Å²) in [5, 5.41) is 20.4. The summed E-state index contributed by atoms with van der Waals surface area (Å²) in [5.74, 6) is -0.445. The van der Waals surface area contributed by atoms with Crippen LogP contribution in [0.5, 0.6) is 0 Å². The predicted octanol–water partition coefficient (Wildman–Crippen LogP) is 3.69. The van der Waals surface area contributed by atoms with Crippen LogP contribution in [0, 0.1) is 17.1 Å². The van der Waals surface area contributed by atoms with Crippen molar-refractivity contribution in [3.63, 3.8) is 0 Å². The fraction of sp³-hybridized carbons (Fsp3) is 0.238. The minimum absolute atomic E-state index is 0.278. The van der Waals surface area contributed by atoms with Gasteiger partial charge in [-0.1, -0.05) is 37.3 Å². The monoisotopic (exact) mass is 347 g/mol. The second kappa shape index (κ2) is 6.08. The molecule has 0 unspecified atom stereocenters. The molecule has 2 atom stereocenters. The summed E-state index contributed by atoms with van der Waals surface area (Å²) in [6, 6.07) is 13.9. The maximum absolute atomic E-state index is 14.6. The summed E-state index contributed by atoms with van der Waals surface area (Å²) in [6.45, 7) is 2.08. The molecule has 0 spiro atoms. The number of halogens is 1. The van der Waals surface area contributed by atoms with Crippen LogP contribution in [0.15, 0.2) is 55.0 Å². The molecule has 0 bridgehead atoms. The van der Waals surface area contributed by atoms with Crippen molar-refractivity contribution >= 4 is 0 Å². The Labute approximate surface area is 151 Å². The molecule has 130 valence electrons. The molecule has 1 aliphatic heterocycles. The van der Waals surface area contributed by atoms with E-state index in [1.54, 1.807) is 24.7 Å². The Kier molecular flexibility index (Phi) is 3.86. The number of aliphatic hydroxyl groups is 1. The van der Waals surface area contributed by atoms with Crippen LogP contribution in [-0.2, 0) is 12.0 Å². The van der Waals surface area contributed by atoms with Crippen LogP contribution >= 0.6 is 0 Å².